The maximum absolute atomic E-state index is 13.3. The fourth-order valence-corrected chi connectivity index (χ4v) is 4.32. The van der Waals surface area contributed by atoms with Crippen molar-refractivity contribution in [2.45, 2.75) is 23.4 Å². The van der Waals surface area contributed by atoms with Crippen molar-refractivity contribution in [3.8, 4) is 11.5 Å². The highest BCUT2D eigenvalue weighted by molar-refractivity contribution is 7.91. The van der Waals surface area contributed by atoms with Crippen LogP contribution in [0.25, 0.3) is 11.5 Å². The maximum Gasteiger partial charge on any atom is 0.234 e. The summed E-state index contributed by atoms with van der Waals surface area (Å²) >= 11 is 5.91. The third-order valence-corrected chi connectivity index (χ3v) is 6.50. The van der Waals surface area contributed by atoms with Gasteiger partial charge < -0.3 is 9.73 Å². The SMILES string of the molecule is Cc1ccc(CNc2oc(-c3ccccc3)nc2S(=O)(=O)c2ccc(Cl)cc2)cc1. The number of nitrogens with zero attached hydrogens (tertiary/aromatic N) is 1. The largest absolute Gasteiger partial charge is 0.419 e. The Morgan fingerprint density at radius 1 is 0.933 bits per heavy atom. The van der Waals surface area contributed by atoms with E-state index in [1.54, 1.807) is 0 Å². The first-order valence-electron chi connectivity index (χ1n) is 9.30. The molecule has 7 heteroatoms. The Bertz CT molecular complexity index is 1250. The van der Waals surface area contributed by atoms with E-state index < -0.39 is 9.84 Å². The number of benzene rings is 3. The van der Waals surface area contributed by atoms with Crippen LogP contribution in [0.3, 0.4) is 0 Å². The lowest BCUT2D eigenvalue weighted by atomic mass is 10.1. The Hall–Kier alpha value is -3.09. The summed E-state index contributed by atoms with van der Waals surface area (Å²) in [6.07, 6.45) is 0. The van der Waals surface area contributed by atoms with Crippen LogP contribution in [-0.4, -0.2) is 13.4 Å². The summed E-state index contributed by atoms with van der Waals surface area (Å²) in [7, 11) is -3.91. The second kappa shape index (κ2) is 8.34. The molecule has 0 saturated heterocycles. The number of halogens is 1. The quantitative estimate of drug-likeness (QED) is 0.415. The fraction of sp³-hybridized carbons (Fsp3) is 0.0870. The van der Waals surface area contributed by atoms with Gasteiger partial charge in [-0.1, -0.05) is 59.6 Å². The predicted octanol–water partition coefficient (Wildman–Crippen LogP) is 5.75. The van der Waals surface area contributed by atoms with Gasteiger partial charge in [0.05, 0.1) is 4.90 Å². The van der Waals surface area contributed by atoms with Crippen molar-refractivity contribution < 1.29 is 12.8 Å². The normalized spacial score (nSPS) is 11.4. The molecule has 0 atom stereocenters. The highest BCUT2D eigenvalue weighted by Gasteiger charge is 2.28. The molecule has 0 bridgehead atoms. The van der Waals surface area contributed by atoms with E-state index in [2.05, 4.69) is 10.3 Å². The second-order valence-electron chi connectivity index (χ2n) is 6.82. The standard InChI is InChI=1S/C23H19ClN2O3S/c1-16-7-9-17(10-8-16)15-25-22-23(26-21(29-22)18-5-3-2-4-6-18)30(27,28)20-13-11-19(24)12-14-20/h2-14,25H,15H2,1H3. The summed E-state index contributed by atoms with van der Waals surface area (Å²) < 4.78 is 32.4. The lowest BCUT2D eigenvalue weighted by Crippen LogP contribution is -2.07. The van der Waals surface area contributed by atoms with Gasteiger partial charge in [-0.3, -0.25) is 0 Å². The zero-order valence-electron chi connectivity index (χ0n) is 16.2. The van der Waals surface area contributed by atoms with Gasteiger partial charge in [-0.25, -0.2) is 8.42 Å². The van der Waals surface area contributed by atoms with Crippen molar-refractivity contribution in [1.29, 1.82) is 0 Å². The van der Waals surface area contributed by atoms with Crippen molar-refractivity contribution >= 4 is 27.3 Å². The number of aromatic nitrogens is 1. The Morgan fingerprint density at radius 2 is 1.60 bits per heavy atom. The average Bonchev–Trinajstić information content (AvgIpc) is 3.20. The van der Waals surface area contributed by atoms with E-state index in [1.807, 2.05) is 61.5 Å². The van der Waals surface area contributed by atoms with Gasteiger partial charge in [-0.15, -0.1) is 0 Å². The Labute approximate surface area is 180 Å². The highest BCUT2D eigenvalue weighted by Crippen LogP contribution is 2.33. The minimum Gasteiger partial charge on any atom is -0.419 e. The topological polar surface area (TPSA) is 72.2 Å². The van der Waals surface area contributed by atoms with E-state index in [0.717, 1.165) is 11.1 Å². The van der Waals surface area contributed by atoms with Gasteiger partial charge in [0.25, 0.3) is 0 Å². The number of hydrogen-bond donors (Lipinski definition) is 1. The van der Waals surface area contributed by atoms with Crippen molar-refractivity contribution in [2.24, 2.45) is 0 Å². The van der Waals surface area contributed by atoms with Gasteiger partial charge in [0.15, 0.2) is 0 Å². The average molecular weight is 439 g/mol. The summed E-state index contributed by atoms with van der Waals surface area (Å²) in [5, 5.41) is 3.39. The van der Waals surface area contributed by atoms with Gasteiger partial charge in [-0.05, 0) is 48.9 Å². The molecule has 0 fully saturated rings. The molecule has 0 aliphatic heterocycles. The van der Waals surface area contributed by atoms with Crippen molar-refractivity contribution in [3.63, 3.8) is 0 Å². The molecule has 30 heavy (non-hydrogen) atoms. The number of hydrogen-bond acceptors (Lipinski definition) is 5. The van der Waals surface area contributed by atoms with E-state index in [9.17, 15) is 8.42 Å². The monoisotopic (exact) mass is 438 g/mol. The van der Waals surface area contributed by atoms with Crippen LogP contribution in [0.5, 0.6) is 0 Å². The summed E-state index contributed by atoms with van der Waals surface area (Å²) in [6, 6.07) is 23.1. The first kappa shape index (κ1) is 20.2. The number of rotatable bonds is 6. The highest BCUT2D eigenvalue weighted by atomic mass is 35.5. The van der Waals surface area contributed by atoms with Crippen molar-refractivity contribution in [3.05, 3.63) is 95.0 Å². The van der Waals surface area contributed by atoms with Gasteiger partial charge in [0, 0.05) is 17.1 Å². The van der Waals surface area contributed by atoms with Crippen LogP contribution in [-0.2, 0) is 16.4 Å². The molecule has 0 saturated carbocycles. The molecule has 0 amide bonds. The third-order valence-electron chi connectivity index (χ3n) is 4.57. The van der Waals surface area contributed by atoms with Gasteiger partial charge in [-0.2, -0.15) is 4.98 Å². The van der Waals surface area contributed by atoms with Gasteiger partial charge in [0.2, 0.25) is 26.6 Å². The van der Waals surface area contributed by atoms with E-state index in [0.29, 0.717) is 17.1 Å². The van der Waals surface area contributed by atoms with Crippen LogP contribution in [0.4, 0.5) is 5.88 Å². The molecular formula is C23H19ClN2O3S. The lowest BCUT2D eigenvalue weighted by molar-refractivity contribution is 0.576. The van der Waals surface area contributed by atoms with E-state index in [4.69, 9.17) is 16.0 Å². The van der Waals surface area contributed by atoms with Gasteiger partial charge >= 0.3 is 0 Å². The predicted molar refractivity (Wildman–Crippen MR) is 117 cm³/mol. The van der Waals surface area contributed by atoms with Crippen molar-refractivity contribution in [1.82, 2.24) is 4.98 Å². The molecule has 0 spiro atoms. The van der Waals surface area contributed by atoms with E-state index in [1.165, 1.54) is 24.3 Å². The smallest absolute Gasteiger partial charge is 0.234 e. The molecule has 4 aromatic rings. The molecule has 1 aromatic heterocycles. The Morgan fingerprint density at radius 3 is 2.27 bits per heavy atom. The van der Waals surface area contributed by atoms with Crippen LogP contribution < -0.4 is 5.32 Å². The number of aryl methyl sites for hydroxylation is 1. The summed E-state index contributed by atoms with van der Waals surface area (Å²) in [4.78, 5) is 4.42. The molecule has 1 heterocycles. The molecule has 3 aromatic carbocycles. The minimum atomic E-state index is -3.91. The molecule has 4 rings (SSSR count). The van der Waals surface area contributed by atoms with Crippen LogP contribution in [0, 0.1) is 6.92 Å². The second-order valence-corrected chi connectivity index (χ2v) is 9.12. The molecule has 152 valence electrons. The number of oxazole rings is 1. The number of nitrogens with one attached hydrogen (secondary N) is 1. The molecule has 0 radical (unpaired) electrons. The first-order chi connectivity index (χ1) is 14.4. The Balaban J connectivity index is 1.74. The van der Waals surface area contributed by atoms with Crippen molar-refractivity contribution in [2.75, 3.05) is 5.32 Å². The molecule has 5 nitrogen and oxygen atoms in total. The zero-order chi connectivity index (χ0) is 21.1. The first-order valence-corrected chi connectivity index (χ1v) is 11.2. The van der Waals surface area contributed by atoms with E-state index in [-0.39, 0.29) is 21.7 Å². The molecule has 0 aliphatic rings. The molecule has 0 unspecified atom stereocenters. The maximum atomic E-state index is 13.3. The van der Waals surface area contributed by atoms with Crippen LogP contribution in [0.2, 0.25) is 5.02 Å². The summed E-state index contributed by atoms with van der Waals surface area (Å²) in [6.45, 7) is 2.41. The zero-order valence-corrected chi connectivity index (χ0v) is 17.7. The van der Waals surface area contributed by atoms with Crippen LogP contribution in [0.1, 0.15) is 11.1 Å². The Kier molecular flexibility index (Phi) is 5.61. The minimum absolute atomic E-state index is 0.0956. The van der Waals surface area contributed by atoms with E-state index >= 15 is 0 Å². The summed E-state index contributed by atoms with van der Waals surface area (Å²) in [5.41, 5.74) is 2.83. The number of anilines is 1. The third kappa shape index (κ3) is 4.25. The lowest BCUT2D eigenvalue weighted by Gasteiger charge is -2.07. The molecule has 1 N–H and O–H groups in total. The van der Waals surface area contributed by atoms with Crippen LogP contribution in [0.15, 0.2) is 93.2 Å². The fourth-order valence-electron chi connectivity index (χ4n) is 2.92. The number of sulfone groups is 1. The van der Waals surface area contributed by atoms with Gasteiger partial charge in [0.1, 0.15) is 0 Å². The molecular weight excluding hydrogens is 420 g/mol. The summed E-state index contributed by atoms with van der Waals surface area (Å²) in [5.74, 6) is 0.332. The van der Waals surface area contributed by atoms with Crippen LogP contribution >= 0.6 is 11.6 Å². The molecule has 0 aliphatic carbocycles.